The van der Waals surface area contributed by atoms with Crippen molar-refractivity contribution in [2.24, 2.45) is 5.73 Å². The Kier molecular flexibility index (Phi) is 3.54. The van der Waals surface area contributed by atoms with E-state index in [1.807, 2.05) is 24.4 Å². The molecule has 1 aromatic heterocycles. The number of aromatic nitrogens is 1. The van der Waals surface area contributed by atoms with Crippen molar-refractivity contribution in [2.45, 2.75) is 20.0 Å². The zero-order chi connectivity index (χ0) is 11.4. The van der Waals surface area contributed by atoms with Crippen LogP contribution in [0.5, 0.6) is 0 Å². The lowest BCUT2D eigenvalue weighted by molar-refractivity contribution is 1.01. The molecule has 4 heteroatoms. The van der Waals surface area contributed by atoms with Gasteiger partial charge in [0.2, 0.25) is 0 Å². The van der Waals surface area contributed by atoms with Crippen LogP contribution < -0.4 is 11.1 Å². The monoisotopic (exact) mass is 233 g/mol. The van der Waals surface area contributed by atoms with E-state index >= 15 is 0 Å². The number of nitrogens with one attached hydrogen (secondary N) is 1. The van der Waals surface area contributed by atoms with Crippen molar-refractivity contribution in [3.63, 3.8) is 0 Å². The third-order valence-electron chi connectivity index (χ3n) is 2.39. The molecule has 0 spiro atoms. The van der Waals surface area contributed by atoms with Crippen molar-refractivity contribution in [3.8, 4) is 0 Å². The second-order valence-corrected chi connectivity index (χ2v) is 4.48. The van der Waals surface area contributed by atoms with E-state index in [9.17, 15) is 0 Å². The van der Waals surface area contributed by atoms with Gasteiger partial charge in [0.25, 0.3) is 0 Å². The van der Waals surface area contributed by atoms with Gasteiger partial charge in [0.15, 0.2) is 5.13 Å². The Bertz CT molecular complexity index is 465. The molecule has 84 valence electrons. The van der Waals surface area contributed by atoms with Crippen LogP contribution in [0.4, 0.5) is 5.13 Å². The molecule has 0 bridgehead atoms. The van der Waals surface area contributed by atoms with Crippen molar-refractivity contribution in [2.75, 3.05) is 5.32 Å². The van der Waals surface area contributed by atoms with Crippen molar-refractivity contribution < 1.29 is 0 Å². The fourth-order valence-corrected chi connectivity index (χ4v) is 2.22. The van der Waals surface area contributed by atoms with Crippen LogP contribution in [-0.2, 0) is 13.1 Å². The van der Waals surface area contributed by atoms with Crippen LogP contribution in [0.15, 0.2) is 29.6 Å². The molecule has 0 fully saturated rings. The van der Waals surface area contributed by atoms with E-state index in [4.69, 9.17) is 5.73 Å². The average molecular weight is 233 g/mol. The maximum atomic E-state index is 5.68. The zero-order valence-electron chi connectivity index (χ0n) is 9.23. The highest BCUT2D eigenvalue weighted by Gasteiger charge is 2.01. The molecule has 0 amide bonds. The van der Waals surface area contributed by atoms with Gasteiger partial charge in [-0.25, -0.2) is 4.98 Å². The van der Waals surface area contributed by atoms with Crippen molar-refractivity contribution in [3.05, 3.63) is 46.5 Å². The third-order valence-corrected chi connectivity index (χ3v) is 3.31. The minimum Gasteiger partial charge on any atom is -0.357 e. The van der Waals surface area contributed by atoms with E-state index < -0.39 is 0 Å². The molecule has 0 saturated carbocycles. The molecule has 0 aliphatic rings. The van der Waals surface area contributed by atoms with Gasteiger partial charge in [-0.05, 0) is 18.1 Å². The molecule has 0 aliphatic heterocycles. The van der Waals surface area contributed by atoms with Crippen LogP contribution in [0.25, 0.3) is 0 Å². The number of hydrogen-bond donors (Lipinski definition) is 2. The van der Waals surface area contributed by atoms with Crippen LogP contribution in [0.3, 0.4) is 0 Å². The van der Waals surface area contributed by atoms with Crippen LogP contribution in [0, 0.1) is 6.92 Å². The Morgan fingerprint density at radius 1 is 1.31 bits per heavy atom. The first-order chi connectivity index (χ1) is 7.79. The summed E-state index contributed by atoms with van der Waals surface area (Å²) >= 11 is 1.63. The first-order valence-corrected chi connectivity index (χ1v) is 6.10. The first-order valence-electron chi connectivity index (χ1n) is 5.22. The fraction of sp³-hybridized carbons (Fsp3) is 0.250. The molecular weight excluding hydrogens is 218 g/mol. The van der Waals surface area contributed by atoms with E-state index in [2.05, 4.69) is 22.4 Å². The van der Waals surface area contributed by atoms with Gasteiger partial charge in [0.05, 0.1) is 5.69 Å². The minimum absolute atomic E-state index is 0.578. The second-order valence-electron chi connectivity index (χ2n) is 3.62. The van der Waals surface area contributed by atoms with Gasteiger partial charge in [0, 0.05) is 18.5 Å². The Morgan fingerprint density at radius 3 is 2.69 bits per heavy atom. The molecular formula is C12H15N3S. The highest BCUT2D eigenvalue weighted by molar-refractivity contribution is 7.13. The number of nitrogens with zero attached hydrogens (tertiary/aromatic N) is 1. The lowest BCUT2D eigenvalue weighted by Crippen LogP contribution is -2.06. The molecule has 0 unspecified atom stereocenters. The molecule has 1 heterocycles. The molecule has 0 atom stereocenters. The molecule has 0 radical (unpaired) electrons. The lowest BCUT2D eigenvalue weighted by atomic mass is 10.1. The third kappa shape index (κ3) is 2.59. The van der Waals surface area contributed by atoms with E-state index in [0.29, 0.717) is 6.54 Å². The van der Waals surface area contributed by atoms with Crippen LogP contribution >= 0.6 is 11.3 Å². The molecule has 2 aromatic rings. The second kappa shape index (κ2) is 5.09. The lowest BCUT2D eigenvalue weighted by Gasteiger charge is -2.07. The average Bonchev–Trinajstić information content (AvgIpc) is 2.73. The number of anilines is 1. The summed E-state index contributed by atoms with van der Waals surface area (Å²) in [6.07, 6.45) is 0. The fourth-order valence-electron chi connectivity index (χ4n) is 1.54. The number of rotatable bonds is 4. The predicted molar refractivity (Wildman–Crippen MR) is 68.5 cm³/mol. The van der Waals surface area contributed by atoms with E-state index in [-0.39, 0.29) is 0 Å². The van der Waals surface area contributed by atoms with Crippen LogP contribution in [-0.4, -0.2) is 4.98 Å². The highest BCUT2D eigenvalue weighted by atomic mass is 32.1. The Labute approximate surface area is 99.3 Å². The van der Waals surface area contributed by atoms with Gasteiger partial charge in [-0.15, -0.1) is 11.3 Å². The smallest absolute Gasteiger partial charge is 0.183 e. The van der Waals surface area contributed by atoms with Gasteiger partial charge >= 0.3 is 0 Å². The number of benzene rings is 1. The highest BCUT2D eigenvalue weighted by Crippen LogP contribution is 2.16. The summed E-state index contributed by atoms with van der Waals surface area (Å²) in [7, 11) is 0. The number of nitrogens with two attached hydrogens (primary N) is 1. The van der Waals surface area contributed by atoms with Gasteiger partial charge in [-0.2, -0.15) is 0 Å². The molecule has 0 aliphatic carbocycles. The maximum Gasteiger partial charge on any atom is 0.183 e. The topological polar surface area (TPSA) is 50.9 Å². The number of thiazole rings is 1. The molecule has 1 aromatic carbocycles. The normalized spacial score (nSPS) is 10.4. The predicted octanol–water partition coefficient (Wildman–Crippen LogP) is 2.52. The molecule has 2 rings (SSSR count). The van der Waals surface area contributed by atoms with E-state index in [1.165, 1.54) is 11.1 Å². The Balaban J connectivity index is 2.04. The van der Waals surface area contributed by atoms with Crippen molar-refractivity contribution >= 4 is 16.5 Å². The first kappa shape index (κ1) is 11.1. The Morgan fingerprint density at radius 2 is 2.06 bits per heavy atom. The minimum atomic E-state index is 0.578. The molecule has 0 saturated heterocycles. The summed E-state index contributed by atoms with van der Waals surface area (Å²) in [6.45, 7) is 3.35. The van der Waals surface area contributed by atoms with E-state index in [0.717, 1.165) is 17.4 Å². The van der Waals surface area contributed by atoms with Gasteiger partial charge < -0.3 is 11.1 Å². The van der Waals surface area contributed by atoms with Crippen molar-refractivity contribution in [1.29, 1.82) is 0 Å². The van der Waals surface area contributed by atoms with Gasteiger partial charge in [-0.3, -0.25) is 0 Å². The Hall–Kier alpha value is -1.39. The summed E-state index contributed by atoms with van der Waals surface area (Å²) < 4.78 is 0. The summed E-state index contributed by atoms with van der Waals surface area (Å²) in [5.74, 6) is 0. The summed E-state index contributed by atoms with van der Waals surface area (Å²) in [5.41, 5.74) is 9.16. The van der Waals surface area contributed by atoms with Gasteiger partial charge in [0.1, 0.15) is 0 Å². The summed E-state index contributed by atoms with van der Waals surface area (Å²) in [4.78, 5) is 4.36. The van der Waals surface area contributed by atoms with Crippen LogP contribution in [0.1, 0.15) is 16.8 Å². The zero-order valence-corrected chi connectivity index (χ0v) is 10.1. The number of hydrogen-bond acceptors (Lipinski definition) is 4. The quantitative estimate of drug-likeness (QED) is 0.853. The number of aryl methyl sites for hydroxylation is 1. The van der Waals surface area contributed by atoms with Crippen molar-refractivity contribution in [1.82, 2.24) is 4.98 Å². The van der Waals surface area contributed by atoms with Gasteiger partial charge in [-0.1, -0.05) is 24.3 Å². The largest absolute Gasteiger partial charge is 0.357 e. The van der Waals surface area contributed by atoms with Crippen LogP contribution in [0.2, 0.25) is 0 Å². The SMILES string of the molecule is Cc1csc(NCc2ccccc2CN)n1. The molecule has 3 N–H and O–H groups in total. The summed E-state index contributed by atoms with van der Waals surface area (Å²) in [6, 6.07) is 8.20. The maximum absolute atomic E-state index is 5.68. The molecule has 16 heavy (non-hydrogen) atoms. The van der Waals surface area contributed by atoms with E-state index in [1.54, 1.807) is 11.3 Å². The summed E-state index contributed by atoms with van der Waals surface area (Å²) in [5, 5.41) is 6.31. The standard InChI is InChI=1S/C12H15N3S/c1-9-8-16-12(15-9)14-7-11-5-3-2-4-10(11)6-13/h2-5,8H,6-7,13H2,1H3,(H,14,15). The molecule has 3 nitrogen and oxygen atoms in total.